The Bertz CT molecular complexity index is 1020. The largest absolute Gasteiger partial charge is 0.494 e. The molecule has 3 aromatic carbocycles. The van der Waals surface area contributed by atoms with Crippen LogP contribution in [-0.4, -0.2) is 24.5 Å². The number of amides is 2. The fraction of sp³-hybridized carbons (Fsp3) is 0.167. The molecule has 0 aromatic heterocycles. The number of hydrogen-bond acceptors (Lipinski definition) is 5. The van der Waals surface area contributed by atoms with Crippen molar-refractivity contribution >= 4 is 23.2 Å². The Hall–Kier alpha value is -4.00. The number of ether oxygens (including phenoxy) is 2. The van der Waals surface area contributed by atoms with Gasteiger partial charge >= 0.3 is 0 Å². The summed E-state index contributed by atoms with van der Waals surface area (Å²) >= 11 is 0. The lowest BCUT2D eigenvalue weighted by Gasteiger charge is -2.16. The molecule has 160 valence electrons. The number of nitrogens with one attached hydrogen (secondary N) is 2. The first-order valence-electron chi connectivity index (χ1n) is 9.92. The number of rotatable bonds is 9. The quantitative estimate of drug-likeness (QED) is 0.477. The first kappa shape index (κ1) is 21.7. The summed E-state index contributed by atoms with van der Waals surface area (Å²) in [6, 6.07) is 20.7. The minimum atomic E-state index is -0.511. The van der Waals surface area contributed by atoms with Crippen LogP contribution in [0.4, 0.5) is 11.4 Å². The third-order valence-electron chi connectivity index (χ3n) is 4.44. The summed E-state index contributed by atoms with van der Waals surface area (Å²) in [5, 5.41) is 5.94. The third-order valence-corrected chi connectivity index (χ3v) is 4.44. The summed E-state index contributed by atoms with van der Waals surface area (Å²) < 4.78 is 11.2. The molecule has 3 rings (SSSR count). The number of anilines is 2. The van der Waals surface area contributed by atoms with Gasteiger partial charge in [0.05, 0.1) is 6.61 Å². The summed E-state index contributed by atoms with van der Waals surface area (Å²) in [5.74, 6) is 1.47. The van der Waals surface area contributed by atoms with E-state index in [0.717, 1.165) is 11.4 Å². The zero-order valence-electron chi connectivity index (χ0n) is 17.4. The van der Waals surface area contributed by atoms with Crippen LogP contribution in [0.5, 0.6) is 17.2 Å². The summed E-state index contributed by atoms with van der Waals surface area (Å²) in [6.45, 7) is 4.32. The second kappa shape index (κ2) is 10.2. The van der Waals surface area contributed by atoms with Crippen molar-refractivity contribution in [2.45, 2.75) is 19.9 Å². The molecule has 7 heteroatoms. The van der Waals surface area contributed by atoms with Crippen LogP contribution in [-0.2, 0) is 4.79 Å². The van der Waals surface area contributed by atoms with E-state index in [1.54, 1.807) is 31.2 Å². The van der Waals surface area contributed by atoms with Gasteiger partial charge in [0, 0.05) is 16.9 Å². The van der Waals surface area contributed by atoms with Gasteiger partial charge in [-0.05, 0) is 86.6 Å². The molecule has 3 aromatic rings. The summed E-state index contributed by atoms with van der Waals surface area (Å²) in [4.78, 5) is 23.5. The van der Waals surface area contributed by atoms with Crippen molar-refractivity contribution < 1.29 is 19.1 Å². The van der Waals surface area contributed by atoms with Crippen molar-refractivity contribution in [3.05, 3.63) is 78.4 Å². The van der Waals surface area contributed by atoms with Gasteiger partial charge < -0.3 is 25.8 Å². The maximum Gasteiger partial charge on any atom is 0.248 e. The van der Waals surface area contributed by atoms with E-state index in [-0.39, 0.29) is 5.91 Å². The Morgan fingerprint density at radius 2 is 1.35 bits per heavy atom. The minimum Gasteiger partial charge on any atom is -0.494 e. The summed E-state index contributed by atoms with van der Waals surface area (Å²) in [6.07, 6.45) is 0. The number of hydrogen-bond donors (Lipinski definition) is 3. The second-order valence-corrected chi connectivity index (χ2v) is 6.83. The van der Waals surface area contributed by atoms with Gasteiger partial charge in [0.25, 0.3) is 0 Å². The van der Waals surface area contributed by atoms with Gasteiger partial charge in [0.2, 0.25) is 11.8 Å². The zero-order chi connectivity index (χ0) is 22.2. The molecule has 0 fully saturated rings. The number of benzene rings is 3. The highest BCUT2D eigenvalue weighted by Gasteiger charge is 2.13. The van der Waals surface area contributed by atoms with E-state index < -0.39 is 11.9 Å². The molecule has 7 nitrogen and oxygen atoms in total. The van der Waals surface area contributed by atoms with Gasteiger partial charge in [0.1, 0.15) is 23.3 Å². The second-order valence-electron chi connectivity index (χ2n) is 6.83. The highest BCUT2D eigenvalue weighted by molar-refractivity contribution is 5.97. The van der Waals surface area contributed by atoms with Crippen molar-refractivity contribution in [2.75, 3.05) is 17.2 Å². The average Bonchev–Trinajstić information content (AvgIpc) is 2.77. The lowest BCUT2D eigenvalue weighted by atomic mass is 10.2. The third kappa shape index (κ3) is 6.24. The molecule has 0 aliphatic carbocycles. The van der Waals surface area contributed by atoms with Gasteiger partial charge in [-0.3, -0.25) is 9.59 Å². The van der Waals surface area contributed by atoms with Gasteiger partial charge in [0.15, 0.2) is 0 Å². The van der Waals surface area contributed by atoms with Gasteiger partial charge in [-0.1, -0.05) is 0 Å². The van der Waals surface area contributed by atoms with Crippen LogP contribution in [0.2, 0.25) is 0 Å². The van der Waals surface area contributed by atoms with E-state index >= 15 is 0 Å². The first-order valence-corrected chi connectivity index (χ1v) is 9.92. The van der Waals surface area contributed by atoms with Gasteiger partial charge in [-0.15, -0.1) is 0 Å². The predicted molar refractivity (Wildman–Crippen MR) is 121 cm³/mol. The lowest BCUT2D eigenvalue weighted by molar-refractivity contribution is -0.116. The Morgan fingerprint density at radius 1 is 0.839 bits per heavy atom. The zero-order valence-corrected chi connectivity index (χ0v) is 17.4. The van der Waals surface area contributed by atoms with Crippen LogP contribution in [0.3, 0.4) is 0 Å². The van der Waals surface area contributed by atoms with Crippen LogP contribution in [0, 0.1) is 0 Å². The normalized spacial score (nSPS) is 11.3. The van der Waals surface area contributed by atoms with E-state index in [0.29, 0.717) is 29.4 Å². The molecule has 0 spiro atoms. The smallest absolute Gasteiger partial charge is 0.248 e. The van der Waals surface area contributed by atoms with Crippen LogP contribution in [0.1, 0.15) is 24.2 Å². The first-order chi connectivity index (χ1) is 14.9. The standard InChI is InChI=1S/C24H25N3O4/c1-3-30-20-12-14-22(15-13-20)31-21-10-8-18(9-11-21)26-16(2)24(29)27-19-6-4-17(5-7-19)23(25)28/h4-16,26H,3H2,1-2H3,(H2,25,28)(H,27,29)/t16-/m1/s1. The maximum absolute atomic E-state index is 12.4. The average molecular weight is 419 g/mol. The van der Waals surface area contributed by atoms with Gasteiger partial charge in [-0.25, -0.2) is 0 Å². The number of primary amides is 1. The molecule has 0 radical (unpaired) electrons. The summed E-state index contributed by atoms with van der Waals surface area (Å²) in [5.41, 5.74) is 6.97. The lowest BCUT2D eigenvalue weighted by Crippen LogP contribution is -2.31. The molecule has 0 aliphatic rings. The molecule has 0 saturated heterocycles. The van der Waals surface area contributed by atoms with Gasteiger partial charge in [-0.2, -0.15) is 0 Å². The number of nitrogens with two attached hydrogens (primary N) is 1. The molecule has 31 heavy (non-hydrogen) atoms. The molecule has 4 N–H and O–H groups in total. The molecule has 0 heterocycles. The van der Waals surface area contributed by atoms with Crippen molar-refractivity contribution in [3.8, 4) is 17.2 Å². The van der Waals surface area contributed by atoms with Crippen LogP contribution >= 0.6 is 0 Å². The fourth-order valence-electron chi connectivity index (χ4n) is 2.81. The van der Waals surface area contributed by atoms with Crippen molar-refractivity contribution in [1.29, 1.82) is 0 Å². The highest BCUT2D eigenvalue weighted by atomic mass is 16.5. The fourth-order valence-corrected chi connectivity index (χ4v) is 2.81. The Kier molecular flexibility index (Phi) is 7.11. The number of carbonyl (C=O) groups is 2. The minimum absolute atomic E-state index is 0.207. The molecular formula is C24H25N3O4. The molecular weight excluding hydrogens is 394 g/mol. The predicted octanol–water partition coefficient (Wildman–Crippen LogP) is 4.42. The van der Waals surface area contributed by atoms with E-state index in [9.17, 15) is 9.59 Å². The Balaban J connectivity index is 1.53. The monoisotopic (exact) mass is 419 g/mol. The van der Waals surface area contributed by atoms with Crippen molar-refractivity contribution in [2.24, 2.45) is 5.73 Å². The molecule has 0 aliphatic heterocycles. The Morgan fingerprint density at radius 3 is 1.90 bits per heavy atom. The van der Waals surface area contributed by atoms with Crippen LogP contribution in [0.25, 0.3) is 0 Å². The van der Waals surface area contributed by atoms with E-state index in [1.807, 2.05) is 55.5 Å². The number of carbonyl (C=O) groups excluding carboxylic acids is 2. The Labute approximate surface area is 181 Å². The molecule has 2 amide bonds. The SMILES string of the molecule is CCOc1ccc(Oc2ccc(N[C@H](C)C(=O)Nc3ccc(C(N)=O)cc3)cc2)cc1. The van der Waals surface area contributed by atoms with Crippen LogP contribution in [0.15, 0.2) is 72.8 Å². The molecule has 1 atom stereocenters. The van der Waals surface area contributed by atoms with E-state index in [4.69, 9.17) is 15.2 Å². The van der Waals surface area contributed by atoms with Crippen LogP contribution < -0.4 is 25.8 Å². The highest BCUT2D eigenvalue weighted by Crippen LogP contribution is 2.25. The molecule has 0 unspecified atom stereocenters. The van der Waals surface area contributed by atoms with E-state index in [1.165, 1.54) is 0 Å². The molecule has 0 saturated carbocycles. The van der Waals surface area contributed by atoms with Crippen molar-refractivity contribution in [3.63, 3.8) is 0 Å². The maximum atomic E-state index is 12.4. The summed E-state index contributed by atoms with van der Waals surface area (Å²) in [7, 11) is 0. The molecule has 0 bridgehead atoms. The topological polar surface area (TPSA) is 103 Å². The van der Waals surface area contributed by atoms with Crippen molar-refractivity contribution in [1.82, 2.24) is 0 Å². The van der Waals surface area contributed by atoms with E-state index in [2.05, 4.69) is 10.6 Å².